The number of hydrogen-bond acceptors (Lipinski definition) is 3. The van der Waals surface area contributed by atoms with Crippen LogP contribution in [0.15, 0.2) is 53.3 Å². The maximum Gasteiger partial charge on any atom is 0.220 e. The Morgan fingerprint density at radius 3 is 2.82 bits per heavy atom. The van der Waals surface area contributed by atoms with Gasteiger partial charge in [0.15, 0.2) is 6.39 Å². The lowest BCUT2D eigenvalue weighted by molar-refractivity contribution is -0.121. The maximum absolute atomic E-state index is 12.0. The van der Waals surface area contributed by atoms with Crippen molar-refractivity contribution in [1.82, 2.24) is 10.3 Å². The zero-order valence-corrected chi connectivity index (χ0v) is 12.5. The van der Waals surface area contributed by atoms with Crippen molar-refractivity contribution in [2.75, 3.05) is 0 Å². The first-order chi connectivity index (χ1) is 10.7. The zero-order valence-electron chi connectivity index (χ0n) is 12.5. The third kappa shape index (κ3) is 3.17. The third-order valence-electron chi connectivity index (χ3n) is 3.79. The standard InChI is InChI=1S/C18H18N2O2/c1-13-17(22-12-20-13)11-19-18(21)10-9-15-7-4-6-14-5-2-3-8-16(14)15/h2-8,12H,9-11H2,1H3,(H,19,21). The van der Waals surface area contributed by atoms with Gasteiger partial charge in [-0.3, -0.25) is 4.79 Å². The molecule has 0 atom stereocenters. The van der Waals surface area contributed by atoms with Crippen molar-refractivity contribution >= 4 is 16.7 Å². The van der Waals surface area contributed by atoms with Gasteiger partial charge in [0, 0.05) is 6.42 Å². The average Bonchev–Trinajstić information content (AvgIpc) is 2.96. The molecule has 0 bridgehead atoms. The van der Waals surface area contributed by atoms with E-state index in [-0.39, 0.29) is 5.91 Å². The Hall–Kier alpha value is -2.62. The minimum absolute atomic E-state index is 0.0173. The number of nitrogens with one attached hydrogen (secondary N) is 1. The van der Waals surface area contributed by atoms with E-state index < -0.39 is 0 Å². The lowest BCUT2D eigenvalue weighted by Gasteiger charge is -2.07. The second kappa shape index (κ2) is 6.43. The number of amides is 1. The summed E-state index contributed by atoms with van der Waals surface area (Å²) in [5.74, 6) is 0.724. The summed E-state index contributed by atoms with van der Waals surface area (Å²) in [6, 6.07) is 14.4. The SMILES string of the molecule is Cc1ncoc1CNC(=O)CCc1cccc2ccccc12. The molecule has 1 heterocycles. The quantitative estimate of drug-likeness (QED) is 0.784. The Bertz CT molecular complexity index is 787. The largest absolute Gasteiger partial charge is 0.446 e. The highest BCUT2D eigenvalue weighted by molar-refractivity contribution is 5.86. The van der Waals surface area contributed by atoms with Gasteiger partial charge in [-0.15, -0.1) is 0 Å². The first-order valence-electron chi connectivity index (χ1n) is 7.36. The molecule has 0 fully saturated rings. The van der Waals surface area contributed by atoms with E-state index in [0.29, 0.717) is 18.7 Å². The fraction of sp³-hybridized carbons (Fsp3) is 0.222. The average molecular weight is 294 g/mol. The van der Waals surface area contributed by atoms with Crippen LogP contribution in [-0.2, 0) is 17.8 Å². The van der Waals surface area contributed by atoms with Crippen LogP contribution in [0.25, 0.3) is 10.8 Å². The molecule has 0 unspecified atom stereocenters. The second-order valence-corrected chi connectivity index (χ2v) is 5.28. The predicted octanol–water partition coefficient (Wildman–Crippen LogP) is 3.39. The number of aromatic nitrogens is 1. The van der Waals surface area contributed by atoms with Crippen LogP contribution < -0.4 is 5.32 Å². The molecule has 0 aliphatic heterocycles. The molecule has 112 valence electrons. The molecule has 0 aliphatic carbocycles. The summed E-state index contributed by atoms with van der Waals surface area (Å²) in [4.78, 5) is 16.0. The molecule has 2 aromatic carbocycles. The van der Waals surface area contributed by atoms with Crippen molar-refractivity contribution in [3.8, 4) is 0 Å². The molecular weight excluding hydrogens is 276 g/mol. The Morgan fingerprint density at radius 2 is 2.00 bits per heavy atom. The molecule has 4 nitrogen and oxygen atoms in total. The van der Waals surface area contributed by atoms with Crippen molar-refractivity contribution in [1.29, 1.82) is 0 Å². The van der Waals surface area contributed by atoms with Crippen molar-refractivity contribution in [2.24, 2.45) is 0 Å². The summed E-state index contributed by atoms with van der Waals surface area (Å²) in [5.41, 5.74) is 2.01. The Kier molecular flexibility index (Phi) is 4.19. The van der Waals surface area contributed by atoms with E-state index in [1.807, 2.05) is 25.1 Å². The lowest BCUT2D eigenvalue weighted by Crippen LogP contribution is -2.23. The molecule has 0 aliphatic rings. The predicted molar refractivity (Wildman–Crippen MR) is 85.4 cm³/mol. The number of oxazole rings is 1. The molecule has 0 spiro atoms. The van der Waals surface area contributed by atoms with Crippen LogP contribution in [0.3, 0.4) is 0 Å². The van der Waals surface area contributed by atoms with E-state index in [9.17, 15) is 4.79 Å². The van der Waals surface area contributed by atoms with Gasteiger partial charge in [-0.05, 0) is 29.7 Å². The van der Waals surface area contributed by atoms with E-state index in [2.05, 4.69) is 34.6 Å². The van der Waals surface area contributed by atoms with Gasteiger partial charge in [-0.1, -0.05) is 42.5 Å². The van der Waals surface area contributed by atoms with Gasteiger partial charge in [-0.25, -0.2) is 4.98 Å². The number of nitrogens with zero attached hydrogens (tertiary/aromatic N) is 1. The molecule has 0 saturated heterocycles. The number of aryl methyl sites for hydroxylation is 2. The molecule has 1 aromatic heterocycles. The summed E-state index contributed by atoms with van der Waals surface area (Å²) in [5, 5.41) is 5.29. The first kappa shape index (κ1) is 14.3. The molecule has 3 aromatic rings. The van der Waals surface area contributed by atoms with Gasteiger partial charge in [0.1, 0.15) is 5.76 Å². The van der Waals surface area contributed by atoms with Crippen LogP contribution in [0.1, 0.15) is 23.4 Å². The van der Waals surface area contributed by atoms with Crippen LogP contribution in [-0.4, -0.2) is 10.9 Å². The van der Waals surface area contributed by atoms with Gasteiger partial charge >= 0.3 is 0 Å². The second-order valence-electron chi connectivity index (χ2n) is 5.28. The Balaban J connectivity index is 1.59. The monoisotopic (exact) mass is 294 g/mol. The van der Waals surface area contributed by atoms with Crippen LogP contribution in [0.4, 0.5) is 0 Å². The van der Waals surface area contributed by atoms with Gasteiger partial charge in [0.05, 0.1) is 12.2 Å². The van der Waals surface area contributed by atoms with Gasteiger partial charge < -0.3 is 9.73 Å². The molecular formula is C18H18N2O2. The number of benzene rings is 2. The van der Waals surface area contributed by atoms with Gasteiger partial charge in [0.2, 0.25) is 5.91 Å². The van der Waals surface area contributed by atoms with E-state index in [0.717, 1.165) is 12.1 Å². The molecule has 1 N–H and O–H groups in total. The van der Waals surface area contributed by atoms with Crippen LogP contribution in [0.2, 0.25) is 0 Å². The topological polar surface area (TPSA) is 55.1 Å². The van der Waals surface area contributed by atoms with Crippen molar-refractivity contribution in [2.45, 2.75) is 26.3 Å². The molecule has 1 amide bonds. The summed E-state index contributed by atoms with van der Waals surface area (Å²) < 4.78 is 5.21. The van der Waals surface area contributed by atoms with Crippen LogP contribution in [0, 0.1) is 6.92 Å². The Labute approximate surface area is 129 Å². The van der Waals surface area contributed by atoms with Crippen LogP contribution >= 0.6 is 0 Å². The normalized spacial score (nSPS) is 10.8. The summed E-state index contributed by atoms with van der Waals surface area (Å²) in [7, 11) is 0. The molecule has 4 heteroatoms. The van der Waals surface area contributed by atoms with E-state index in [1.165, 1.54) is 22.7 Å². The number of rotatable bonds is 5. The number of carbonyl (C=O) groups excluding carboxylic acids is 1. The smallest absolute Gasteiger partial charge is 0.220 e. The van der Waals surface area contributed by atoms with Crippen molar-refractivity contribution in [3.05, 3.63) is 65.9 Å². The zero-order chi connectivity index (χ0) is 15.4. The highest BCUT2D eigenvalue weighted by atomic mass is 16.3. The third-order valence-corrected chi connectivity index (χ3v) is 3.79. The summed E-state index contributed by atoms with van der Waals surface area (Å²) in [6.45, 7) is 2.25. The summed E-state index contributed by atoms with van der Waals surface area (Å²) in [6.07, 6.45) is 2.58. The van der Waals surface area contributed by atoms with Crippen LogP contribution in [0.5, 0.6) is 0 Å². The fourth-order valence-corrected chi connectivity index (χ4v) is 2.52. The van der Waals surface area contributed by atoms with Gasteiger partial charge in [0.25, 0.3) is 0 Å². The number of carbonyl (C=O) groups is 1. The minimum atomic E-state index is 0.0173. The van der Waals surface area contributed by atoms with E-state index >= 15 is 0 Å². The number of hydrogen-bond donors (Lipinski definition) is 1. The Morgan fingerprint density at radius 1 is 1.18 bits per heavy atom. The number of fused-ring (bicyclic) bond motifs is 1. The summed E-state index contributed by atoms with van der Waals surface area (Å²) >= 11 is 0. The molecule has 0 saturated carbocycles. The minimum Gasteiger partial charge on any atom is -0.446 e. The van der Waals surface area contributed by atoms with Crippen molar-refractivity contribution < 1.29 is 9.21 Å². The molecule has 22 heavy (non-hydrogen) atoms. The lowest BCUT2D eigenvalue weighted by atomic mass is 10.0. The van der Waals surface area contributed by atoms with E-state index in [4.69, 9.17) is 4.42 Å². The highest BCUT2D eigenvalue weighted by Gasteiger charge is 2.08. The van der Waals surface area contributed by atoms with Gasteiger partial charge in [-0.2, -0.15) is 0 Å². The first-order valence-corrected chi connectivity index (χ1v) is 7.36. The molecule has 3 rings (SSSR count). The van der Waals surface area contributed by atoms with E-state index in [1.54, 1.807) is 0 Å². The fourth-order valence-electron chi connectivity index (χ4n) is 2.52. The molecule has 0 radical (unpaired) electrons. The highest BCUT2D eigenvalue weighted by Crippen LogP contribution is 2.19. The maximum atomic E-state index is 12.0. The van der Waals surface area contributed by atoms with Crippen molar-refractivity contribution in [3.63, 3.8) is 0 Å².